The topological polar surface area (TPSA) is 219 Å². The van der Waals surface area contributed by atoms with Gasteiger partial charge in [-0.15, -0.1) is 0 Å². The van der Waals surface area contributed by atoms with E-state index in [4.69, 9.17) is 15.0 Å². The minimum atomic E-state index is -1.22. The Kier molecular flexibility index (Phi) is 16.9. The molecular formula is C49H72BN7O8. The second-order valence-electron chi connectivity index (χ2n) is 19.6. The van der Waals surface area contributed by atoms with E-state index < -0.39 is 72.4 Å². The standard InChI is InChI=1S/C49H72BN7O8/c1-7-8-13-32-16-18-33(19-17-32)34-20-22-35(23-21-34)44(60)56-38(14-9-11-26-51)47(63)57-39-24-25-42(58)52-27-12-10-15-37(55-43(59)30(2)53-45(39)61)46(62)54-31(3)50-64-41-29-36-28-40(48(36,4)5)49(41,6)65-50/h16-23,30-31,36-41H,7-15,24-29,51H2,1-6H3,(H,52,58)(H,53,61)(H,54,62)(H,55,59)(H,56,60)(H,57,63). The lowest BCUT2D eigenvalue weighted by Gasteiger charge is -2.64. The third-order valence-corrected chi connectivity index (χ3v) is 14.5. The number of rotatable bonds is 15. The van der Waals surface area contributed by atoms with E-state index in [9.17, 15) is 28.8 Å². The zero-order valence-corrected chi connectivity index (χ0v) is 39.3. The van der Waals surface area contributed by atoms with Gasteiger partial charge in [0, 0.05) is 18.5 Å². The molecule has 2 saturated heterocycles. The molecule has 7 rings (SSSR count). The van der Waals surface area contributed by atoms with Gasteiger partial charge in [0.05, 0.1) is 17.6 Å². The molecule has 16 heteroatoms. The zero-order chi connectivity index (χ0) is 46.9. The van der Waals surface area contributed by atoms with Crippen molar-refractivity contribution >= 4 is 42.6 Å². The summed E-state index contributed by atoms with van der Waals surface area (Å²) in [5.74, 6) is -2.63. The van der Waals surface area contributed by atoms with E-state index in [0.717, 1.165) is 43.2 Å². The van der Waals surface area contributed by atoms with Crippen LogP contribution in [-0.2, 0) is 39.7 Å². The Labute approximate surface area is 385 Å². The molecule has 9 unspecified atom stereocenters. The summed E-state index contributed by atoms with van der Waals surface area (Å²) in [4.78, 5) is 81.8. The van der Waals surface area contributed by atoms with Gasteiger partial charge in [-0.2, -0.15) is 0 Å². The van der Waals surface area contributed by atoms with E-state index in [1.165, 1.54) is 12.5 Å². The van der Waals surface area contributed by atoms with Crippen LogP contribution in [0.2, 0.25) is 0 Å². The number of unbranched alkanes of at least 4 members (excludes halogenated alkanes) is 2. The molecule has 3 saturated carbocycles. The summed E-state index contributed by atoms with van der Waals surface area (Å²) in [6.07, 6.45) is 7.88. The molecule has 3 aliphatic carbocycles. The molecule has 6 amide bonds. The molecule has 2 heterocycles. The number of hydrogen-bond donors (Lipinski definition) is 7. The van der Waals surface area contributed by atoms with Crippen molar-refractivity contribution in [3.8, 4) is 11.1 Å². The first kappa shape index (κ1) is 49.6. The number of amides is 6. The summed E-state index contributed by atoms with van der Waals surface area (Å²) in [6, 6.07) is 11.3. The molecule has 0 spiro atoms. The number of carbonyl (C=O) groups excluding carboxylic acids is 6. The van der Waals surface area contributed by atoms with Crippen molar-refractivity contribution in [1.29, 1.82) is 0 Å². The Morgan fingerprint density at radius 3 is 2.28 bits per heavy atom. The van der Waals surface area contributed by atoms with Crippen LogP contribution in [-0.4, -0.2) is 97.5 Å². The maximum Gasteiger partial charge on any atom is 0.481 e. The van der Waals surface area contributed by atoms with E-state index in [-0.39, 0.29) is 36.7 Å². The highest BCUT2D eigenvalue weighted by atomic mass is 16.7. The Balaban J connectivity index is 1.08. The van der Waals surface area contributed by atoms with E-state index in [0.29, 0.717) is 62.6 Å². The molecule has 0 radical (unpaired) electrons. The van der Waals surface area contributed by atoms with E-state index in [1.54, 1.807) is 12.1 Å². The van der Waals surface area contributed by atoms with Crippen LogP contribution in [0.15, 0.2) is 48.5 Å². The Hall–Kier alpha value is -4.80. The van der Waals surface area contributed by atoms with Crippen LogP contribution in [0.5, 0.6) is 0 Å². The first-order chi connectivity index (χ1) is 31.0. The summed E-state index contributed by atoms with van der Waals surface area (Å²) < 4.78 is 13.0. The quantitative estimate of drug-likeness (QED) is 0.100. The van der Waals surface area contributed by atoms with Gasteiger partial charge in [0.25, 0.3) is 5.91 Å². The van der Waals surface area contributed by atoms with Gasteiger partial charge in [-0.25, -0.2) is 0 Å². The molecule has 0 aromatic heterocycles. The molecule has 2 aromatic rings. The fourth-order valence-corrected chi connectivity index (χ4v) is 10.1. The van der Waals surface area contributed by atoms with Crippen LogP contribution in [0, 0.1) is 17.3 Å². The molecule has 2 aromatic carbocycles. The summed E-state index contributed by atoms with van der Waals surface area (Å²) in [5.41, 5.74) is 9.11. The number of hydrogen-bond acceptors (Lipinski definition) is 9. The fourth-order valence-electron chi connectivity index (χ4n) is 10.1. The Morgan fingerprint density at radius 2 is 1.60 bits per heavy atom. The molecule has 354 valence electrons. The minimum Gasteiger partial charge on any atom is -0.404 e. The number of aryl methyl sites for hydroxylation is 1. The maximum absolute atomic E-state index is 14.0. The predicted molar refractivity (Wildman–Crippen MR) is 250 cm³/mol. The fraction of sp³-hybridized carbons (Fsp3) is 0.633. The molecule has 9 atom stereocenters. The van der Waals surface area contributed by atoms with Crippen molar-refractivity contribution in [2.24, 2.45) is 23.0 Å². The molecule has 5 aliphatic rings. The first-order valence-electron chi connectivity index (χ1n) is 24.1. The maximum atomic E-state index is 14.0. The largest absolute Gasteiger partial charge is 0.481 e. The van der Waals surface area contributed by atoms with Crippen LogP contribution in [0.1, 0.15) is 135 Å². The smallest absolute Gasteiger partial charge is 0.404 e. The molecule has 8 N–H and O–H groups in total. The van der Waals surface area contributed by atoms with Gasteiger partial charge >= 0.3 is 7.12 Å². The van der Waals surface area contributed by atoms with Crippen LogP contribution in [0.4, 0.5) is 0 Å². The van der Waals surface area contributed by atoms with Crippen molar-refractivity contribution in [3.63, 3.8) is 0 Å². The lowest BCUT2D eigenvalue weighted by atomic mass is 9.43. The van der Waals surface area contributed by atoms with Gasteiger partial charge < -0.3 is 46.9 Å². The molecule has 15 nitrogen and oxygen atoms in total. The van der Waals surface area contributed by atoms with Crippen molar-refractivity contribution < 1.29 is 38.1 Å². The second-order valence-corrected chi connectivity index (χ2v) is 19.6. The molecule has 65 heavy (non-hydrogen) atoms. The SMILES string of the molecule is CCCCc1ccc(-c2ccc(C(=O)NC(CCCCN)C(=O)NC3CCC(=O)NCCCCC(C(=O)NC(C)B4OC5CC6CC(C6(C)C)C5(C)O4)NC(=O)C(C)NC3=O)cc2)cc1. The van der Waals surface area contributed by atoms with Gasteiger partial charge in [0.15, 0.2) is 0 Å². The Morgan fingerprint density at radius 1 is 0.892 bits per heavy atom. The summed E-state index contributed by atoms with van der Waals surface area (Å²) in [6.45, 7) is 12.9. The van der Waals surface area contributed by atoms with Gasteiger partial charge in [0.2, 0.25) is 29.5 Å². The molecular weight excluding hydrogens is 825 g/mol. The van der Waals surface area contributed by atoms with E-state index >= 15 is 0 Å². The van der Waals surface area contributed by atoms with Crippen molar-refractivity contribution in [2.45, 2.75) is 167 Å². The zero-order valence-electron chi connectivity index (χ0n) is 39.3. The van der Waals surface area contributed by atoms with Gasteiger partial charge in [0.1, 0.15) is 24.2 Å². The normalized spacial score (nSPS) is 27.8. The summed E-state index contributed by atoms with van der Waals surface area (Å²) in [5, 5.41) is 17.0. The average Bonchev–Trinajstić information content (AvgIpc) is 3.66. The first-order valence-corrected chi connectivity index (χ1v) is 24.1. The number of nitrogens with two attached hydrogens (primary N) is 1. The molecule has 2 bridgehead atoms. The predicted octanol–water partition coefficient (Wildman–Crippen LogP) is 4.25. The van der Waals surface area contributed by atoms with Gasteiger partial charge in [-0.3, -0.25) is 28.8 Å². The van der Waals surface area contributed by atoms with Gasteiger partial charge in [-0.1, -0.05) is 63.6 Å². The summed E-state index contributed by atoms with van der Waals surface area (Å²) in [7, 11) is -0.647. The van der Waals surface area contributed by atoms with Crippen molar-refractivity contribution in [2.75, 3.05) is 13.1 Å². The third kappa shape index (κ3) is 12.2. The number of carbonyl (C=O) groups is 6. The Bertz CT molecular complexity index is 2000. The van der Waals surface area contributed by atoms with Crippen LogP contribution >= 0.6 is 0 Å². The highest BCUT2D eigenvalue weighted by molar-refractivity contribution is 6.47. The van der Waals surface area contributed by atoms with E-state index in [1.807, 2.05) is 19.1 Å². The lowest BCUT2D eigenvalue weighted by molar-refractivity contribution is -0.199. The average molecular weight is 898 g/mol. The second kappa shape index (κ2) is 22.1. The van der Waals surface area contributed by atoms with Crippen LogP contribution in [0.3, 0.4) is 0 Å². The summed E-state index contributed by atoms with van der Waals surface area (Å²) >= 11 is 0. The van der Waals surface area contributed by atoms with E-state index in [2.05, 4.69) is 83.9 Å². The third-order valence-electron chi connectivity index (χ3n) is 14.5. The monoisotopic (exact) mass is 898 g/mol. The highest BCUT2D eigenvalue weighted by Crippen LogP contribution is 2.65. The number of nitrogens with one attached hydrogen (secondary N) is 6. The van der Waals surface area contributed by atoms with Crippen molar-refractivity contribution in [1.82, 2.24) is 31.9 Å². The van der Waals surface area contributed by atoms with Crippen LogP contribution in [0.25, 0.3) is 11.1 Å². The van der Waals surface area contributed by atoms with Crippen molar-refractivity contribution in [3.05, 3.63) is 59.7 Å². The minimum absolute atomic E-state index is 0.0524. The highest BCUT2D eigenvalue weighted by Gasteiger charge is 2.68. The molecule has 5 fully saturated rings. The number of benzene rings is 2. The van der Waals surface area contributed by atoms with Gasteiger partial charge in [-0.05, 0) is 144 Å². The molecule has 2 aliphatic heterocycles. The van der Waals surface area contributed by atoms with Crippen LogP contribution < -0.4 is 37.6 Å². The lowest BCUT2D eigenvalue weighted by Crippen LogP contribution is -2.65.